The van der Waals surface area contributed by atoms with Crippen molar-refractivity contribution in [3.63, 3.8) is 0 Å². The number of hydrogen-bond donors (Lipinski definition) is 1. The van der Waals surface area contributed by atoms with E-state index < -0.39 is 0 Å². The number of hydrogen-bond acceptors (Lipinski definition) is 3. The Labute approximate surface area is 91.5 Å². The Morgan fingerprint density at radius 3 is 3.00 bits per heavy atom. The standard InChI is InChI=1S/C12H19N3/c1-10(12-5-3-4-7-13-12)14-11-6-8-15(2)9-11/h3-5,7,10-11,14H,6,8-9H2,1-2H3/t10-,11-/m0/s1. The van der Waals surface area contributed by atoms with Gasteiger partial charge in [-0.25, -0.2) is 0 Å². The molecule has 0 bridgehead atoms. The van der Waals surface area contributed by atoms with Gasteiger partial charge in [0.2, 0.25) is 0 Å². The van der Waals surface area contributed by atoms with Crippen LogP contribution in [0.15, 0.2) is 24.4 Å². The van der Waals surface area contributed by atoms with Gasteiger partial charge in [0.25, 0.3) is 0 Å². The zero-order valence-corrected chi connectivity index (χ0v) is 9.48. The van der Waals surface area contributed by atoms with Crippen LogP contribution in [0.4, 0.5) is 0 Å². The molecule has 3 heteroatoms. The van der Waals surface area contributed by atoms with Crippen LogP contribution in [0.2, 0.25) is 0 Å². The molecule has 0 radical (unpaired) electrons. The molecule has 1 aromatic rings. The SMILES string of the molecule is C[C@H](N[C@H]1CCN(C)C1)c1ccccn1. The van der Waals surface area contributed by atoms with Gasteiger partial charge in [-0.05, 0) is 39.1 Å². The number of pyridine rings is 1. The number of rotatable bonds is 3. The molecule has 1 aromatic heterocycles. The van der Waals surface area contributed by atoms with Gasteiger partial charge in [0, 0.05) is 24.8 Å². The van der Waals surface area contributed by atoms with E-state index in [1.807, 2.05) is 18.3 Å². The summed E-state index contributed by atoms with van der Waals surface area (Å²) in [6, 6.07) is 7.05. The fourth-order valence-electron chi connectivity index (χ4n) is 2.14. The van der Waals surface area contributed by atoms with Crippen LogP contribution in [0.3, 0.4) is 0 Å². The van der Waals surface area contributed by atoms with Gasteiger partial charge in [-0.1, -0.05) is 6.07 Å². The highest BCUT2D eigenvalue weighted by Gasteiger charge is 2.21. The molecule has 2 rings (SSSR count). The predicted molar refractivity (Wildman–Crippen MR) is 61.7 cm³/mol. The number of aromatic nitrogens is 1. The molecule has 0 unspecified atom stereocenters. The fraction of sp³-hybridized carbons (Fsp3) is 0.583. The van der Waals surface area contributed by atoms with Crippen molar-refractivity contribution in [2.75, 3.05) is 20.1 Å². The largest absolute Gasteiger partial charge is 0.305 e. The van der Waals surface area contributed by atoms with Crippen LogP contribution >= 0.6 is 0 Å². The first-order valence-corrected chi connectivity index (χ1v) is 5.61. The maximum absolute atomic E-state index is 4.36. The Hall–Kier alpha value is -0.930. The van der Waals surface area contributed by atoms with E-state index in [4.69, 9.17) is 0 Å². The Morgan fingerprint density at radius 2 is 2.40 bits per heavy atom. The molecule has 1 saturated heterocycles. The van der Waals surface area contributed by atoms with Crippen molar-refractivity contribution in [3.05, 3.63) is 30.1 Å². The minimum atomic E-state index is 0.350. The Bertz CT molecular complexity index is 299. The van der Waals surface area contributed by atoms with Crippen molar-refractivity contribution in [1.82, 2.24) is 15.2 Å². The zero-order chi connectivity index (χ0) is 10.7. The molecule has 0 spiro atoms. The summed E-state index contributed by atoms with van der Waals surface area (Å²) < 4.78 is 0. The molecule has 1 N–H and O–H groups in total. The Kier molecular flexibility index (Phi) is 3.34. The molecule has 15 heavy (non-hydrogen) atoms. The van der Waals surface area contributed by atoms with E-state index in [1.165, 1.54) is 13.0 Å². The van der Waals surface area contributed by atoms with Gasteiger partial charge in [0.15, 0.2) is 0 Å². The minimum Gasteiger partial charge on any atom is -0.305 e. The molecule has 0 aliphatic carbocycles. The van der Waals surface area contributed by atoms with Gasteiger partial charge >= 0.3 is 0 Å². The van der Waals surface area contributed by atoms with Crippen LogP contribution in [-0.2, 0) is 0 Å². The number of nitrogens with one attached hydrogen (secondary N) is 1. The minimum absolute atomic E-state index is 0.350. The first-order chi connectivity index (χ1) is 7.25. The summed E-state index contributed by atoms with van der Waals surface area (Å²) in [6.45, 7) is 4.53. The smallest absolute Gasteiger partial charge is 0.0570 e. The molecule has 0 amide bonds. The van der Waals surface area contributed by atoms with Crippen LogP contribution in [0.5, 0.6) is 0 Å². The fourth-order valence-corrected chi connectivity index (χ4v) is 2.14. The molecule has 1 fully saturated rings. The lowest BCUT2D eigenvalue weighted by Crippen LogP contribution is -2.33. The van der Waals surface area contributed by atoms with Gasteiger partial charge in [0.1, 0.15) is 0 Å². The lowest BCUT2D eigenvalue weighted by atomic mass is 10.1. The van der Waals surface area contributed by atoms with Crippen LogP contribution in [-0.4, -0.2) is 36.1 Å². The van der Waals surface area contributed by atoms with E-state index in [0.717, 1.165) is 12.2 Å². The molecule has 1 aliphatic rings. The van der Waals surface area contributed by atoms with Crippen molar-refractivity contribution in [2.45, 2.75) is 25.4 Å². The van der Waals surface area contributed by atoms with Crippen molar-refractivity contribution in [1.29, 1.82) is 0 Å². The second-order valence-corrected chi connectivity index (χ2v) is 4.39. The van der Waals surface area contributed by atoms with Gasteiger partial charge < -0.3 is 10.2 Å². The summed E-state index contributed by atoms with van der Waals surface area (Å²) in [5.74, 6) is 0. The highest BCUT2D eigenvalue weighted by Crippen LogP contribution is 2.13. The molecular weight excluding hydrogens is 186 g/mol. The molecule has 2 heterocycles. The average Bonchev–Trinajstić information content (AvgIpc) is 2.65. The highest BCUT2D eigenvalue weighted by atomic mass is 15.2. The highest BCUT2D eigenvalue weighted by molar-refractivity contribution is 5.08. The van der Waals surface area contributed by atoms with Crippen molar-refractivity contribution in [2.24, 2.45) is 0 Å². The third-order valence-corrected chi connectivity index (χ3v) is 3.01. The van der Waals surface area contributed by atoms with Gasteiger partial charge in [0.05, 0.1) is 5.69 Å². The van der Waals surface area contributed by atoms with Gasteiger partial charge in [-0.2, -0.15) is 0 Å². The lowest BCUT2D eigenvalue weighted by Gasteiger charge is -2.18. The van der Waals surface area contributed by atoms with Crippen molar-refractivity contribution in [3.8, 4) is 0 Å². The maximum atomic E-state index is 4.36. The summed E-state index contributed by atoms with van der Waals surface area (Å²) in [4.78, 5) is 6.73. The zero-order valence-electron chi connectivity index (χ0n) is 9.48. The second-order valence-electron chi connectivity index (χ2n) is 4.39. The van der Waals surface area contributed by atoms with E-state index in [1.54, 1.807) is 0 Å². The summed E-state index contributed by atoms with van der Waals surface area (Å²) in [7, 11) is 2.17. The van der Waals surface area contributed by atoms with E-state index >= 15 is 0 Å². The monoisotopic (exact) mass is 205 g/mol. The summed E-state index contributed by atoms with van der Waals surface area (Å²) in [5, 5.41) is 3.62. The van der Waals surface area contributed by atoms with Gasteiger partial charge in [-0.3, -0.25) is 4.98 Å². The number of nitrogens with zero attached hydrogens (tertiary/aromatic N) is 2. The van der Waals surface area contributed by atoms with Crippen LogP contribution in [0.1, 0.15) is 25.1 Å². The van der Waals surface area contributed by atoms with Crippen LogP contribution in [0.25, 0.3) is 0 Å². The summed E-state index contributed by atoms with van der Waals surface area (Å²) >= 11 is 0. The second kappa shape index (κ2) is 4.73. The molecule has 3 nitrogen and oxygen atoms in total. The summed E-state index contributed by atoms with van der Waals surface area (Å²) in [6.07, 6.45) is 3.10. The van der Waals surface area contributed by atoms with Crippen molar-refractivity contribution >= 4 is 0 Å². The lowest BCUT2D eigenvalue weighted by molar-refractivity contribution is 0.386. The quantitative estimate of drug-likeness (QED) is 0.809. The normalized spacial score (nSPS) is 24.3. The predicted octanol–water partition coefficient (Wildman–Crippen LogP) is 1.44. The third kappa shape index (κ3) is 2.76. The van der Waals surface area contributed by atoms with Crippen LogP contribution in [0, 0.1) is 0 Å². The van der Waals surface area contributed by atoms with Crippen LogP contribution < -0.4 is 5.32 Å². The average molecular weight is 205 g/mol. The third-order valence-electron chi connectivity index (χ3n) is 3.01. The van der Waals surface area contributed by atoms with E-state index in [9.17, 15) is 0 Å². The first-order valence-electron chi connectivity index (χ1n) is 5.61. The summed E-state index contributed by atoms with van der Waals surface area (Å²) in [5.41, 5.74) is 1.13. The topological polar surface area (TPSA) is 28.2 Å². The maximum Gasteiger partial charge on any atom is 0.0570 e. The van der Waals surface area contributed by atoms with Crippen molar-refractivity contribution < 1.29 is 0 Å². The number of likely N-dealkylation sites (N-methyl/N-ethyl adjacent to an activating group) is 1. The molecule has 0 aromatic carbocycles. The van der Waals surface area contributed by atoms with Gasteiger partial charge in [-0.15, -0.1) is 0 Å². The molecule has 82 valence electrons. The molecule has 0 saturated carbocycles. The van der Waals surface area contributed by atoms with E-state index in [-0.39, 0.29) is 0 Å². The van der Waals surface area contributed by atoms with E-state index in [0.29, 0.717) is 12.1 Å². The molecule has 1 aliphatic heterocycles. The Morgan fingerprint density at radius 1 is 1.53 bits per heavy atom. The number of likely N-dealkylation sites (tertiary alicyclic amines) is 1. The Balaban J connectivity index is 1.90. The molecule has 2 atom stereocenters. The first kappa shape index (κ1) is 10.6. The molecular formula is C12H19N3. The van der Waals surface area contributed by atoms with E-state index in [2.05, 4.69) is 35.2 Å².